The van der Waals surface area contributed by atoms with Crippen LogP contribution in [0.3, 0.4) is 0 Å². The molecule has 0 aliphatic heterocycles. The van der Waals surface area contributed by atoms with Gasteiger partial charge in [-0.15, -0.1) is 0 Å². The fraction of sp³-hybridized carbons (Fsp3) is 0.650. The summed E-state index contributed by atoms with van der Waals surface area (Å²) in [6.45, 7) is 6.33. The Kier molecular flexibility index (Phi) is 50.5. The number of carbonyl (C=O) groups is 3. The fourth-order valence-electron chi connectivity index (χ4n) is 7.01. The van der Waals surface area contributed by atoms with Crippen molar-refractivity contribution >= 4 is 17.9 Å². The van der Waals surface area contributed by atoms with Gasteiger partial charge in [0.05, 0.1) is 0 Å². The molecule has 0 heterocycles. The number of hydrogen-bond acceptors (Lipinski definition) is 6. The van der Waals surface area contributed by atoms with E-state index in [2.05, 4.69) is 130 Å². The van der Waals surface area contributed by atoms with Crippen molar-refractivity contribution in [3.8, 4) is 0 Å². The van der Waals surface area contributed by atoms with Crippen molar-refractivity contribution in [1.82, 2.24) is 0 Å². The fourth-order valence-corrected chi connectivity index (χ4v) is 7.01. The zero-order chi connectivity index (χ0) is 47.9. The van der Waals surface area contributed by atoms with Crippen LogP contribution in [0.5, 0.6) is 0 Å². The van der Waals surface area contributed by atoms with E-state index < -0.39 is 6.10 Å². The van der Waals surface area contributed by atoms with Crippen molar-refractivity contribution < 1.29 is 28.6 Å². The number of hydrogen-bond donors (Lipinski definition) is 0. The van der Waals surface area contributed by atoms with E-state index in [0.29, 0.717) is 19.3 Å². The van der Waals surface area contributed by atoms with E-state index >= 15 is 0 Å². The quantitative estimate of drug-likeness (QED) is 0.0262. The second-order valence-electron chi connectivity index (χ2n) is 17.4. The molecule has 6 nitrogen and oxygen atoms in total. The van der Waals surface area contributed by atoms with Crippen LogP contribution in [0.2, 0.25) is 0 Å². The molecule has 0 aromatic carbocycles. The zero-order valence-electron chi connectivity index (χ0n) is 42.7. The lowest BCUT2D eigenvalue weighted by Crippen LogP contribution is -2.30. The van der Waals surface area contributed by atoms with Crippen LogP contribution in [-0.4, -0.2) is 37.2 Å². The van der Waals surface area contributed by atoms with E-state index in [1.54, 1.807) is 0 Å². The van der Waals surface area contributed by atoms with Gasteiger partial charge in [-0.3, -0.25) is 14.4 Å². The van der Waals surface area contributed by atoms with Gasteiger partial charge >= 0.3 is 17.9 Å². The number of carbonyl (C=O) groups excluding carboxylic acids is 3. The smallest absolute Gasteiger partial charge is 0.306 e. The molecule has 0 aliphatic carbocycles. The van der Waals surface area contributed by atoms with Gasteiger partial charge in [-0.05, 0) is 122 Å². The molecule has 0 bridgehead atoms. The highest BCUT2D eigenvalue weighted by Gasteiger charge is 2.19. The topological polar surface area (TPSA) is 78.9 Å². The molecule has 6 heteroatoms. The predicted octanol–water partition coefficient (Wildman–Crippen LogP) is 17.9. The molecule has 0 rings (SSSR count). The summed E-state index contributed by atoms with van der Waals surface area (Å²) in [7, 11) is 0. The van der Waals surface area contributed by atoms with Crippen LogP contribution in [0, 0.1) is 0 Å². The number of allylic oxidation sites excluding steroid dienone is 18. The molecule has 0 saturated carbocycles. The van der Waals surface area contributed by atoms with Gasteiger partial charge < -0.3 is 14.2 Å². The normalized spacial score (nSPS) is 13.0. The maximum absolute atomic E-state index is 12.8. The Hall–Kier alpha value is -3.93. The van der Waals surface area contributed by atoms with Crippen LogP contribution in [-0.2, 0) is 28.6 Å². The Morgan fingerprint density at radius 2 is 0.591 bits per heavy atom. The lowest BCUT2D eigenvalue weighted by Gasteiger charge is -2.18. The minimum Gasteiger partial charge on any atom is -0.462 e. The summed E-state index contributed by atoms with van der Waals surface area (Å²) in [6.07, 6.45) is 72.2. The molecule has 0 saturated heterocycles. The second-order valence-corrected chi connectivity index (χ2v) is 17.4. The van der Waals surface area contributed by atoms with Crippen LogP contribution in [0.1, 0.15) is 233 Å². The van der Waals surface area contributed by atoms with Crippen LogP contribution in [0.25, 0.3) is 0 Å². The maximum atomic E-state index is 12.8. The molecule has 0 N–H and O–H groups in total. The molecule has 0 radical (unpaired) electrons. The monoisotopic (exact) mass is 915 g/mol. The van der Waals surface area contributed by atoms with Crippen molar-refractivity contribution in [2.24, 2.45) is 0 Å². The van der Waals surface area contributed by atoms with Gasteiger partial charge in [0.25, 0.3) is 0 Å². The van der Waals surface area contributed by atoms with Gasteiger partial charge in [0, 0.05) is 19.3 Å². The van der Waals surface area contributed by atoms with Crippen molar-refractivity contribution in [3.05, 3.63) is 109 Å². The summed E-state index contributed by atoms with van der Waals surface area (Å²) >= 11 is 0. The van der Waals surface area contributed by atoms with E-state index in [4.69, 9.17) is 14.2 Å². The molecule has 0 fully saturated rings. The van der Waals surface area contributed by atoms with E-state index in [-0.39, 0.29) is 37.5 Å². The molecule has 374 valence electrons. The van der Waals surface area contributed by atoms with E-state index in [1.165, 1.54) is 57.8 Å². The Balaban J connectivity index is 4.49. The third kappa shape index (κ3) is 51.1. The number of esters is 3. The van der Waals surface area contributed by atoms with Gasteiger partial charge in [0.1, 0.15) is 13.2 Å². The SMILES string of the molecule is CC/C=C\C/C=C\C/C=C\C/C=C\CCCCC(=O)OC(COC(=O)CCCCCCC/C=C\C/C=C\C/C=C\CC)COC(=O)CCCCCCCCC/C=C\C/C=C\CCCCCC. The third-order valence-corrected chi connectivity index (χ3v) is 11.0. The minimum absolute atomic E-state index is 0.107. The summed E-state index contributed by atoms with van der Waals surface area (Å²) in [5.74, 6) is -0.976. The maximum Gasteiger partial charge on any atom is 0.306 e. The highest BCUT2D eigenvalue weighted by atomic mass is 16.6. The number of unbranched alkanes of at least 4 members (excludes halogenated alkanes) is 18. The van der Waals surface area contributed by atoms with E-state index in [9.17, 15) is 14.4 Å². The number of rotatable bonds is 47. The van der Waals surface area contributed by atoms with Gasteiger partial charge in [-0.25, -0.2) is 0 Å². The molecule has 1 atom stereocenters. The van der Waals surface area contributed by atoms with E-state index in [1.807, 2.05) is 0 Å². The predicted molar refractivity (Wildman–Crippen MR) is 283 cm³/mol. The largest absolute Gasteiger partial charge is 0.462 e. The average Bonchev–Trinajstić information content (AvgIpc) is 3.31. The second kappa shape index (κ2) is 53.7. The van der Waals surface area contributed by atoms with Gasteiger partial charge in [-0.2, -0.15) is 0 Å². The van der Waals surface area contributed by atoms with Crippen molar-refractivity contribution in [2.75, 3.05) is 13.2 Å². The molecule has 66 heavy (non-hydrogen) atoms. The first-order valence-electron chi connectivity index (χ1n) is 26.9. The average molecular weight is 915 g/mol. The summed E-state index contributed by atoms with van der Waals surface area (Å²) in [5, 5.41) is 0. The van der Waals surface area contributed by atoms with Crippen LogP contribution in [0.15, 0.2) is 109 Å². The van der Waals surface area contributed by atoms with Crippen LogP contribution < -0.4 is 0 Å². The first-order chi connectivity index (χ1) is 32.5. The van der Waals surface area contributed by atoms with Gasteiger partial charge in [0.15, 0.2) is 6.10 Å². The zero-order valence-corrected chi connectivity index (χ0v) is 42.7. The van der Waals surface area contributed by atoms with Crippen LogP contribution in [0.4, 0.5) is 0 Å². The molecular formula is C60H98O6. The molecule has 1 unspecified atom stereocenters. The highest BCUT2D eigenvalue weighted by molar-refractivity contribution is 5.71. The molecular weight excluding hydrogens is 817 g/mol. The standard InChI is InChI=1S/C60H98O6/c1-4-7-10-13-16-19-22-25-28-29-30-33-35-38-41-44-47-50-53-59(62)65-56-57(66-60(63)54-51-48-45-42-39-36-32-27-24-21-18-15-12-9-6-3)55-64-58(61)52-49-46-43-40-37-34-31-26-23-20-17-14-11-8-5-2/h8-9,11-12,17-22,26-29,31-32,39,42,57H,4-7,10,13-16,23-25,30,33-38,40-41,43-56H2,1-3H3/b11-8-,12-9-,20-17-,21-18-,22-19-,29-28-,31-26-,32-27-,42-39-. The Morgan fingerprint density at radius 3 is 0.955 bits per heavy atom. The Labute approximate surface area is 406 Å². The molecule has 0 aromatic rings. The molecule has 0 aliphatic rings. The molecule has 0 amide bonds. The Morgan fingerprint density at radius 1 is 0.318 bits per heavy atom. The summed E-state index contributed by atoms with van der Waals surface area (Å²) in [6, 6.07) is 0. The van der Waals surface area contributed by atoms with Gasteiger partial charge in [-0.1, -0.05) is 201 Å². The van der Waals surface area contributed by atoms with Crippen LogP contribution >= 0.6 is 0 Å². The first kappa shape index (κ1) is 62.1. The summed E-state index contributed by atoms with van der Waals surface area (Å²) in [5.41, 5.74) is 0. The highest BCUT2D eigenvalue weighted by Crippen LogP contribution is 2.13. The van der Waals surface area contributed by atoms with E-state index in [0.717, 1.165) is 128 Å². The lowest BCUT2D eigenvalue weighted by atomic mass is 10.1. The molecule has 0 spiro atoms. The number of ether oxygens (including phenoxy) is 3. The first-order valence-corrected chi connectivity index (χ1v) is 26.9. The lowest BCUT2D eigenvalue weighted by molar-refractivity contribution is -0.167. The van der Waals surface area contributed by atoms with Crippen molar-refractivity contribution in [3.63, 3.8) is 0 Å². The summed E-state index contributed by atoms with van der Waals surface area (Å²) in [4.78, 5) is 38.1. The third-order valence-electron chi connectivity index (χ3n) is 11.0. The van der Waals surface area contributed by atoms with Gasteiger partial charge in [0.2, 0.25) is 0 Å². The van der Waals surface area contributed by atoms with Crippen molar-refractivity contribution in [2.45, 2.75) is 239 Å². The molecule has 0 aromatic heterocycles. The minimum atomic E-state index is -0.812. The Bertz CT molecular complexity index is 1370. The summed E-state index contributed by atoms with van der Waals surface area (Å²) < 4.78 is 16.8. The van der Waals surface area contributed by atoms with Crippen molar-refractivity contribution in [1.29, 1.82) is 0 Å².